The highest BCUT2D eigenvalue weighted by molar-refractivity contribution is 5.98. The van der Waals surface area contributed by atoms with Crippen molar-refractivity contribution in [1.82, 2.24) is 0 Å². The fourth-order valence-electron chi connectivity index (χ4n) is 11.1. The molecule has 5 aliphatic carbocycles. The Morgan fingerprint density at radius 3 is 2.40 bits per heavy atom. The normalized spacial score (nSPS) is 40.4. The van der Waals surface area contributed by atoms with Crippen molar-refractivity contribution < 1.29 is 24.5 Å². The number of ketones is 1. The lowest BCUT2D eigenvalue weighted by Crippen LogP contribution is -2.56. The first-order valence-electron chi connectivity index (χ1n) is 17.6. The number of carbonyl (C=O) groups is 2. The monoisotopic (exact) mass is 616 g/mol. The number of rotatable bonds is 5. The maximum absolute atomic E-state index is 14.3. The van der Waals surface area contributed by atoms with E-state index in [1.807, 2.05) is 19.1 Å². The van der Waals surface area contributed by atoms with Gasteiger partial charge in [-0.25, -0.2) is 4.79 Å². The number of aromatic hydroxyl groups is 1. The van der Waals surface area contributed by atoms with Gasteiger partial charge in [-0.2, -0.15) is 4.89 Å². The van der Waals surface area contributed by atoms with Crippen LogP contribution in [0.2, 0.25) is 0 Å². The van der Waals surface area contributed by atoms with E-state index in [9.17, 15) is 14.7 Å². The molecule has 8 atom stereocenters. The fourth-order valence-corrected chi connectivity index (χ4v) is 11.1. The molecule has 3 saturated carbocycles. The molecule has 1 aromatic rings. The molecular formula is C40H56O5. The van der Waals surface area contributed by atoms with E-state index in [1.165, 1.54) is 0 Å². The molecule has 5 heteroatoms. The lowest BCUT2D eigenvalue weighted by Gasteiger charge is -2.58. The highest BCUT2D eigenvalue weighted by Gasteiger charge is 2.61. The van der Waals surface area contributed by atoms with Gasteiger partial charge in [-0.15, -0.1) is 6.58 Å². The summed E-state index contributed by atoms with van der Waals surface area (Å²) >= 11 is 0. The molecule has 6 rings (SSSR count). The zero-order valence-corrected chi connectivity index (χ0v) is 29.1. The minimum atomic E-state index is -0.804. The van der Waals surface area contributed by atoms with Crippen molar-refractivity contribution in [2.75, 3.05) is 0 Å². The molecule has 5 aliphatic rings. The molecule has 3 fully saturated rings. The highest BCUT2D eigenvalue weighted by Crippen LogP contribution is 2.64. The quantitative estimate of drug-likeness (QED) is 0.203. The Bertz CT molecular complexity index is 1440. The van der Waals surface area contributed by atoms with Crippen LogP contribution in [0.5, 0.6) is 5.75 Å². The molecular weight excluding hydrogens is 560 g/mol. The van der Waals surface area contributed by atoms with Crippen LogP contribution in [-0.4, -0.2) is 16.9 Å². The van der Waals surface area contributed by atoms with Gasteiger partial charge in [0.05, 0.1) is 5.41 Å². The van der Waals surface area contributed by atoms with Crippen molar-refractivity contribution in [2.45, 2.75) is 137 Å². The molecule has 246 valence electrons. The Morgan fingerprint density at radius 2 is 1.71 bits per heavy atom. The molecule has 0 aliphatic heterocycles. The lowest BCUT2D eigenvalue weighted by atomic mass is 9.45. The third-order valence-corrected chi connectivity index (χ3v) is 14.0. The number of allylic oxidation sites excluding steroid dienone is 3. The Morgan fingerprint density at radius 1 is 1.00 bits per heavy atom. The number of fused-ring (bicyclic) bond motifs is 6. The number of phenols is 1. The van der Waals surface area contributed by atoms with Crippen molar-refractivity contribution >= 4 is 11.8 Å². The van der Waals surface area contributed by atoms with Crippen LogP contribution in [0.4, 0.5) is 0 Å². The van der Waals surface area contributed by atoms with Gasteiger partial charge in [0.25, 0.3) is 0 Å². The Hall–Kier alpha value is -2.40. The second-order valence-electron chi connectivity index (χ2n) is 17.5. The molecule has 0 bridgehead atoms. The van der Waals surface area contributed by atoms with Crippen LogP contribution >= 0.6 is 0 Å². The SMILES string of the molecule is C=CC1(C)C=C2C(=O)CC3C(C)(C(=O)OOC4CC5C(C)(C)CCCC5(C)c5cc(O)c(C(C)C)cc54)CCCC3(C)C2CC1. The summed E-state index contributed by atoms with van der Waals surface area (Å²) in [6.07, 6.45) is 12.8. The summed E-state index contributed by atoms with van der Waals surface area (Å²) in [6, 6.07) is 4.08. The molecule has 0 radical (unpaired) electrons. The first kappa shape index (κ1) is 32.5. The summed E-state index contributed by atoms with van der Waals surface area (Å²) in [4.78, 5) is 40.2. The van der Waals surface area contributed by atoms with E-state index >= 15 is 0 Å². The van der Waals surface area contributed by atoms with Crippen LogP contribution in [0.15, 0.2) is 36.4 Å². The van der Waals surface area contributed by atoms with Gasteiger partial charge < -0.3 is 5.11 Å². The average molecular weight is 617 g/mol. The van der Waals surface area contributed by atoms with E-state index in [4.69, 9.17) is 9.78 Å². The van der Waals surface area contributed by atoms with Crippen LogP contribution in [0.3, 0.4) is 0 Å². The van der Waals surface area contributed by atoms with E-state index in [0.717, 1.165) is 73.6 Å². The smallest absolute Gasteiger partial charge is 0.348 e. The van der Waals surface area contributed by atoms with Crippen molar-refractivity contribution in [2.24, 2.45) is 39.4 Å². The van der Waals surface area contributed by atoms with E-state index in [2.05, 4.69) is 67.2 Å². The van der Waals surface area contributed by atoms with Crippen molar-refractivity contribution in [1.29, 1.82) is 0 Å². The highest BCUT2D eigenvalue weighted by atomic mass is 17.2. The molecule has 0 heterocycles. The zero-order valence-electron chi connectivity index (χ0n) is 29.1. The van der Waals surface area contributed by atoms with Crippen LogP contribution in [0.1, 0.15) is 148 Å². The molecule has 0 amide bonds. The van der Waals surface area contributed by atoms with Gasteiger partial charge in [0, 0.05) is 11.8 Å². The molecule has 45 heavy (non-hydrogen) atoms. The molecule has 0 aromatic heterocycles. The molecule has 0 spiro atoms. The van der Waals surface area contributed by atoms with E-state index in [0.29, 0.717) is 24.5 Å². The van der Waals surface area contributed by atoms with Gasteiger partial charge in [-0.1, -0.05) is 73.5 Å². The van der Waals surface area contributed by atoms with Crippen LogP contribution in [0.25, 0.3) is 0 Å². The van der Waals surface area contributed by atoms with E-state index in [-0.39, 0.29) is 51.2 Å². The second-order valence-corrected chi connectivity index (χ2v) is 17.5. The van der Waals surface area contributed by atoms with Gasteiger partial charge in [0.15, 0.2) is 5.78 Å². The summed E-state index contributed by atoms with van der Waals surface area (Å²) in [5.74, 6) is 0.707. The largest absolute Gasteiger partial charge is 0.508 e. The summed E-state index contributed by atoms with van der Waals surface area (Å²) in [5, 5.41) is 11.1. The van der Waals surface area contributed by atoms with Crippen molar-refractivity contribution in [3.05, 3.63) is 53.1 Å². The van der Waals surface area contributed by atoms with Gasteiger partial charge in [-0.3, -0.25) is 9.68 Å². The summed E-state index contributed by atoms with van der Waals surface area (Å²) in [5.41, 5.74) is 2.92. The average Bonchev–Trinajstić information content (AvgIpc) is 2.97. The third kappa shape index (κ3) is 4.97. The molecule has 5 nitrogen and oxygen atoms in total. The molecule has 8 unspecified atom stereocenters. The maximum Gasteiger partial charge on any atom is 0.348 e. The van der Waals surface area contributed by atoms with Crippen LogP contribution < -0.4 is 0 Å². The van der Waals surface area contributed by atoms with Gasteiger partial charge in [0.2, 0.25) is 0 Å². The topological polar surface area (TPSA) is 72.8 Å². The van der Waals surface area contributed by atoms with E-state index < -0.39 is 11.5 Å². The van der Waals surface area contributed by atoms with Crippen molar-refractivity contribution in [3.63, 3.8) is 0 Å². The van der Waals surface area contributed by atoms with Crippen LogP contribution in [0, 0.1) is 39.4 Å². The zero-order chi connectivity index (χ0) is 32.7. The Labute approximate surface area is 271 Å². The third-order valence-electron chi connectivity index (χ3n) is 14.0. The van der Waals surface area contributed by atoms with Gasteiger partial charge >= 0.3 is 5.97 Å². The number of carbonyl (C=O) groups excluding carboxylic acids is 2. The first-order valence-corrected chi connectivity index (χ1v) is 17.6. The maximum atomic E-state index is 14.3. The Balaban J connectivity index is 1.30. The predicted octanol–water partition coefficient (Wildman–Crippen LogP) is 9.83. The minimum Gasteiger partial charge on any atom is -0.508 e. The number of hydrogen-bond acceptors (Lipinski definition) is 5. The number of phenolic OH excluding ortho intramolecular Hbond substituents is 1. The lowest BCUT2D eigenvalue weighted by molar-refractivity contribution is -0.318. The minimum absolute atomic E-state index is 0.0829. The summed E-state index contributed by atoms with van der Waals surface area (Å²) in [6.45, 7) is 21.8. The fraction of sp³-hybridized carbons (Fsp3) is 0.700. The number of hydrogen-bond donors (Lipinski definition) is 1. The first-order chi connectivity index (χ1) is 21.0. The molecule has 1 N–H and O–H groups in total. The molecule has 0 saturated heterocycles. The summed E-state index contributed by atoms with van der Waals surface area (Å²) < 4.78 is 0. The van der Waals surface area contributed by atoms with E-state index in [1.54, 1.807) is 0 Å². The van der Waals surface area contributed by atoms with Crippen LogP contribution in [-0.2, 0) is 24.8 Å². The number of benzene rings is 1. The molecule has 1 aromatic carbocycles. The second kappa shape index (κ2) is 10.8. The summed E-state index contributed by atoms with van der Waals surface area (Å²) in [7, 11) is 0. The van der Waals surface area contributed by atoms with Crippen molar-refractivity contribution in [3.8, 4) is 5.75 Å². The standard InChI is InChI=1S/C40H56O5/c1-10-37(6)18-13-28-27(23-37)31(42)21-34-38(28,7)16-12-17-40(34,9)35(43)45-44-32-22-33-36(4,5)14-11-15-39(33,8)29-20-30(41)25(24(2)3)19-26(29)32/h10,19-20,23-24,28,32-34,41H,1,11-18,21-22H2,2-9H3. The number of Topliss-reactive ketones (excluding diaryl/α,β-unsaturated/α-hetero) is 1. The van der Waals surface area contributed by atoms with Gasteiger partial charge in [0.1, 0.15) is 11.9 Å². The Kier molecular flexibility index (Phi) is 7.83. The predicted molar refractivity (Wildman–Crippen MR) is 177 cm³/mol. The van der Waals surface area contributed by atoms with Gasteiger partial charge in [-0.05, 0) is 126 Å².